The number of aliphatic hydroxyl groups is 1. The first kappa shape index (κ1) is 22.6. The maximum Gasteiger partial charge on any atom is 0.191 e. The van der Waals surface area contributed by atoms with Gasteiger partial charge in [0.25, 0.3) is 0 Å². The predicted molar refractivity (Wildman–Crippen MR) is 111 cm³/mol. The quantitative estimate of drug-likeness (QED) is 0.281. The van der Waals surface area contributed by atoms with Gasteiger partial charge in [0.15, 0.2) is 15.8 Å². The normalized spacial score (nSPS) is 19.3. The van der Waals surface area contributed by atoms with Crippen molar-refractivity contribution in [1.29, 1.82) is 0 Å². The van der Waals surface area contributed by atoms with Gasteiger partial charge in [-0.25, -0.2) is 8.42 Å². The average Bonchev–Trinajstić information content (AvgIpc) is 3.22. The SMILES string of the molecule is CCNC(=NCC(O)CS(=O)(=O)c1cccs1)NCC1CCCO1.I. The van der Waals surface area contributed by atoms with E-state index in [2.05, 4.69) is 15.6 Å². The molecule has 1 aromatic heterocycles. The minimum absolute atomic E-state index is 0. The summed E-state index contributed by atoms with van der Waals surface area (Å²) in [5.41, 5.74) is 0. The third kappa shape index (κ3) is 7.77. The van der Waals surface area contributed by atoms with Crippen LogP contribution in [0.3, 0.4) is 0 Å². The monoisotopic (exact) mass is 503 g/mol. The molecule has 25 heavy (non-hydrogen) atoms. The molecular formula is C15H26IN3O4S2. The van der Waals surface area contributed by atoms with E-state index in [0.717, 1.165) is 30.8 Å². The highest BCUT2D eigenvalue weighted by atomic mass is 127. The Morgan fingerprint density at radius 2 is 2.32 bits per heavy atom. The first-order valence-corrected chi connectivity index (χ1v) is 10.6. The highest BCUT2D eigenvalue weighted by Crippen LogP contribution is 2.18. The number of nitrogens with zero attached hydrogens (tertiary/aromatic N) is 1. The van der Waals surface area contributed by atoms with E-state index in [4.69, 9.17) is 4.74 Å². The predicted octanol–water partition coefficient (Wildman–Crippen LogP) is 1.23. The fourth-order valence-corrected chi connectivity index (χ4v) is 4.85. The van der Waals surface area contributed by atoms with Gasteiger partial charge in [-0.1, -0.05) is 6.07 Å². The number of ether oxygens (including phenoxy) is 1. The van der Waals surface area contributed by atoms with Crippen molar-refractivity contribution >= 4 is 51.1 Å². The molecular weight excluding hydrogens is 477 g/mol. The highest BCUT2D eigenvalue weighted by molar-refractivity contribution is 14.0. The molecule has 2 unspecified atom stereocenters. The molecule has 0 radical (unpaired) electrons. The first-order valence-electron chi connectivity index (χ1n) is 8.09. The Morgan fingerprint density at radius 1 is 1.52 bits per heavy atom. The molecule has 1 saturated heterocycles. The molecule has 0 bridgehead atoms. The number of halogens is 1. The molecule has 144 valence electrons. The molecule has 1 aliphatic rings. The maximum atomic E-state index is 12.1. The summed E-state index contributed by atoms with van der Waals surface area (Å²) in [6.07, 6.45) is 1.22. The fraction of sp³-hybridized carbons (Fsp3) is 0.667. The lowest BCUT2D eigenvalue weighted by molar-refractivity contribution is 0.113. The van der Waals surface area contributed by atoms with Gasteiger partial charge in [0.05, 0.1) is 24.5 Å². The number of hydrogen-bond donors (Lipinski definition) is 3. The zero-order chi connectivity index (χ0) is 17.4. The third-order valence-corrected chi connectivity index (χ3v) is 6.82. The number of sulfone groups is 1. The van der Waals surface area contributed by atoms with Crippen LogP contribution in [0.4, 0.5) is 0 Å². The van der Waals surface area contributed by atoms with E-state index >= 15 is 0 Å². The number of hydrogen-bond acceptors (Lipinski definition) is 6. The number of nitrogens with one attached hydrogen (secondary N) is 2. The number of aliphatic imine (C=N–C) groups is 1. The lowest BCUT2D eigenvalue weighted by atomic mass is 10.2. The van der Waals surface area contributed by atoms with Crippen LogP contribution in [0, 0.1) is 0 Å². The molecule has 0 spiro atoms. The summed E-state index contributed by atoms with van der Waals surface area (Å²) in [5, 5.41) is 18.0. The second-order valence-corrected chi connectivity index (χ2v) is 8.81. The molecule has 2 heterocycles. The maximum absolute atomic E-state index is 12.1. The van der Waals surface area contributed by atoms with Gasteiger partial charge in [-0.3, -0.25) is 4.99 Å². The van der Waals surface area contributed by atoms with Gasteiger partial charge in [0.2, 0.25) is 0 Å². The Bertz CT molecular complexity index is 617. The summed E-state index contributed by atoms with van der Waals surface area (Å²) in [5.74, 6) is 0.225. The van der Waals surface area contributed by atoms with Crippen molar-refractivity contribution in [1.82, 2.24) is 10.6 Å². The van der Waals surface area contributed by atoms with E-state index in [1.165, 1.54) is 0 Å². The van der Waals surface area contributed by atoms with E-state index in [1.54, 1.807) is 17.5 Å². The smallest absolute Gasteiger partial charge is 0.191 e. The van der Waals surface area contributed by atoms with Crippen LogP contribution in [0.1, 0.15) is 19.8 Å². The van der Waals surface area contributed by atoms with Crippen LogP contribution < -0.4 is 10.6 Å². The second kappa shape index (κ2) is 11.3. The van der Waals surface area contributed by atoms with Crippen LogP contribution in [-0.4, -0.2) is 63.7 Å². The van der Waals surface area contributed by atoms with Gasteiger partial charge in [0.1, 0.15) is 4.21 Å². The fourth-order valence-electron chi connectivity index (χ4n) is 2.38. The number of rotatable bonds is 8. The van der Waals surface area contributed by atoms with E-state index < -0.39 is 15.9 Å². The number of thiophene rings is 1. The zero-order valence-corrected chi connectivity index (χ0v) is 18.1. The molecule has 7 nitrogen and oxygen atoms in total. The van der Waals surface area contributed by atoms with Gasteiger partial charge in [0, 0.05) is 19.7 Å². The van der Waals surface area contributed by atoms with Gasteiger partial charge < -0.3 is 20.5 Å². The van der Waals surface area contributed by atoms with E-state index in [1.807, 2.05) is 6.92 Å². The van der Waals surface area contributed by atoms with Crippen molar-refractivity contribution in [3.63, 3.8) is 0 Å². The molecule has 1 fully saturated rings. The van der Waals surface area contributed by atoms with Crippen molar-refractivity contribution in [3.05, 3.63) is 17.5 Å². The highest BCUT2D eigenvalue weighted by Gasteiger charge is 2.21. The van der Waals surface area contributed by atoms with Crippen molar-refractivity contribution in [2.75, 3.05) is 32.0 Å². The molecule has 3 N–H and O–H groups in total. The van der Waals surface area contributed by atoms with Crippen molar-refractivity contribution < 1.29 is 18.3 Å². The molecule has 0 amide bonds. The molecule has 10 heteroatoms. The summed E-state index contributed by atoms with van der Waals surface area (Å²) in [7, 11) is -3.46. The number of aliphatic hydroxyl groups excluding tert-OH is 1. The summed E-state index contributed by atoms with van der Waals surface area (Å²) in [6, 6.07) is 3.23. The Hall–Kier alpha value is -0.430. The molecule has 0 saturated carbocycles. The lowest BCUT2D eigenvalue weighted by Gasteiger charge is -2.15. The largest absolute Gasteiger partial charge is 0.390 e. The van der Waals surface area contributed by atoms with E-state index in [9.17, 15) is 13.5 Å². The van der Waals surface area contributed by atoms with Crippen LogP contribution in [0.5, 0.6) is 0 Å². The van der Waals surface area contributed by atoms with Crippen LogP contribution in [0.25, 0.3) is 0 Å². The van der Waals surface area contributed by atoms with Crippen molar-refractivity contribution in [3.8, 4) is 0 Å². The van der Waals surface area contributed by atoms with Crippen molar-refractivity contribution in [2.45, 2.75) is 36.2 Å². The molecule has 0 aromatic carbocycles. The van der Waals surface area contributed by atoms with Crippen LogP contribution in [0.2, 0.25) is 0 Å². The molecule has 2 rings (SSSR count). The number of guanidine groups is 1. The zero-order valence-electron chi connectivity index (χ0n) is 14.2. The van der Waals surface area contributed by atoms with Crippen LogP contribution >= 0.6 is 35.3 Å². The molecule has 0 aliphatic carbocycles. The van der Waals surface area contributed by atoms with E-state index in [-0.39, 0.29) is 46.6 Å². The first-order chi connectivity index (χ1) is 11.5. The van der Waals surface area contributed by atoms with Gasteiger partial charge in [-0.15, -0.1) is 35.3 Å². The Kier molecular flexibility index (Phi) is 10.2. The molecule has 2 atom stereocenters. The topological polar surface area (TPSA) is 100 Å². The minimum Gasteiger partial charge on any atom is -0.390 e. The van der Waals surface area contributed by atoms with Crippen molar-refractivity contribution in [2.24, 2.45) is 4.99 Å². The second-order valence-electron chi connectivity index (χ2n) is 5.60. The Labute approximate surface area is 170 Å². The third-order valence-electron chi connectivity index (χ3n) is 3.54. The molecule has 1 aromatic rings. The van der Waals surface area contributed by atoms with Crippen LogP contribution in [-0.2, 0) is 14.6 Å². The average molecular weight is 503 g/mol. The summed E-state index contributed by atoms with van der Waals surface area (Å²) < 4.78 is 30.1. The van der Waals surface area contributed by atoms with Gasteiger partial charge in [-0.2, -0.15) is 0 Å². The Morgan fingerprint density at radius 3 is 2.92 bits per heavy atom. The van der Waals surface area contributed by atoms with Gasteiger partial charge >= 0.3 is 0 Å². The van der Waals surface area contributed by atoms with E-state index in [0.29, 0.717) is 19.0 Å². The summed E-state index contributed by atoms with van der Waals surface area (Å²) in [6.45, 7) is 4.09. The van der Waals surface area contributed by atoms with Gasteiger partial charge in [-0.05, 0) is 31.2 Å². The lowest BCUT2D eigenvalue weighted by Crippen LogP contribution is -2.41. The standard InChI is InChI=1S/C15H25N3O4S2.HI/c1-2-16-15(18-10-13-5-3-7-22-13)17-9-12(19)11-24(20,21)14-6-4-8-23-14;/h4,6,8,12-13,19H,2-3,5,7,9-11H2,1H3,(H2,16,17,18);1H. The summed E-state index contributed by atoms with van der Waals surface area (Å²) in [4.78, 5) is 4.27. The Balaban J connectivity index is 0.00000312. The minimum atomic E-state index is -3.46. The van der Waals surface area contributed by atoms with Crippen LogP contribution in [0.15, 0.2) is 26.7 Å². The molecule has 1 aliphatic heterocycles. The summed E-state index contributed by atoms with van der Waals surface area (Å²) >= 11 is 1.15.